The molecule has 1 aromatic heterocycles. The van der Waals surface area contributed by atoms with Crippen molar-refractivity contribution in [3.05, 3.63) is 58.9 Å². The van der Waals surface area contributed by atoms with Crippen molar-refractivity contribution in [2.75, 3.05) is 39.1 Å². The second-order valence-corrected chi connectivity index (χ2v) is 10.9. The molecule has 2 rings (SSSR count). The number of benzene rings is 1. The summed E-state index contributed by atoms with van der Waals surface area (Å²) < 4.78 is 33.2. The van der Waals surface area contributed by atoms with Crippen LogP contribution in [0.25, 0.3) is 0 Å². The molecule has 0 bridgehead atoms. The lowest BCUT2D eigenvalue weighted by Gasteiger charge is -2.28. The zero-order valence-corrected chi connectivity index (χ0v) is 21.6. The Morgan fingerprint density at radius 2 is 1.91 bits per heavy atom. The van der Waals surface area contributed by atoms with E-state index in [2.05, 4.69) is 4.57 Å². The first-order valence-corrected chi connectivity index (χ1v) is 13.5. The quantitative estimate of drug-likeness (QED) is 0.371. The Balaban J connectivity index is 2.15. The summed E-state index contributed by atoms with van der Waals surface area (Å²) in [6, 6.07) is 11.6. The summed E-state index contributed by atoms with van der Waals surface area (Å²) >= 11 is 6.33. The van der Waals surface area contributed by atoms with Gasteiger partial charge in [0.15, 0.2) is 0 Å². The molecule has 184 valence electrons. The number of amides is 1. The molecule has 33 heavy (non-hydrogen) atoms. The second kappa shape index (κ2) is 13.1. The van der Waals surface area contributed by atoms with E-state index in [9.17, 15) is 13.2 Å². The molecular weight excluding hydrogens is 462 g/mol. The van der Waals surface area contributed by atoms with Crippen molar-refractivity contribution in [3.8, 4) is 0 Å². The minimum Gasteiger partial charge on any atom is -0.382 e. The molecular formula is C24H36ClN3O4S. The van der Waals surface area contributed by atoms with Crippen LogP contribution >= 0.6 is 11.6 Å². The first kappa shape index (κ1) is 27.4. The molecule has 1 heterocycles. The molecule has 0 N–H and O–H groups in total. The van der Waals surface area contributed by atoms with Gasteiger partial charge in [0.25, 0.3) is 0 Å². The second-order valence-electron chi connectivity index (χ2n) is 8.53. The fraction of sp³-hybridized carbons (Fsp3) is 0.542. The van der Waals surface area contributed by atoms with Crippen LogP contribution in [0, 0.1) is 5.92 Å². The van der Waals surface area contributed by atoms with Crippen molar-refractivity contribution < 1.29 is 17.9 Å². The van der Waals surface area contributed by atoms with Gasteiger partial charge in [-0.3, -0.25) is 4.79 Å². The maximum Gasteiger partial charge on any atom is 0.238 e. The van der Waals surface area contributed by atoms with E-state index < -0.39 is 10.0 Å². The molecule has 0 aliphatic rings. The van der Waals surface area contributed by atoms with Crippen LogP contribution in [0.2, 0.25) is 5.02 Å². The van der Waals surface area contributed by atoms with Crippen LogP contribution in [0.3, 0.4) is 0 Å². The highest BCUT2D eigenvalue weighted by Crippen LogP contribution is 2.18. The molecule has 0 unspecified atom stereocenters. The summed E-state index contributed by atoms with van der Waals surface area (Å²) in [4.78, 5) is 15.0. The zero-order chi connectivity index (χ0) is 24.4. The van der Waals surface area contributed by atoms with E-state index in [0.717, 1.165) is 17.5 Å². The number of nitrogens with zero attached hydrogens (tertiary/aromatic N) is 3. The summed E-state index contributed by atoms with van der Waals surface area (Å²) in [5.74, 6) is 0.0293. The number of carbonyl (C=O) groups excluding carboxylic acids is 1. The van der Waals surface area contributed by atoms with Gasteiger partial charge in [-0.2, -0.15) is 4.31 Å². The highest BCUT2D eigenvalue weighted by atomic mass is 35.5. The van der Waals surface area contributed by atoms with Gasteiger partial charge in [0.1, 0.15) is 0 Å². The molecule has 0 atom stereocenters. The van der Waals surface area contributed by atoms with Crippen molar-refractivity contribution >= 4 is 27.5 Å². The maximum absolute atomic E-state index is 13.2. The highest BCUT2D eigenvalue weighted by Gasteiger charge is 2.24. The third kappa shape index (κ3) is 9.12. The van der Waals surface area contributed by atoms with Gasteiger partial charge in [0.2, 0.25) is 15.9 Å². The largest absolute Gasteiger partial charge is 0.382 e. The standard InChI is InChI=1S/C24H36ClN3O4S/c1-5-32-15-9-14-28(33(4,30)31)19-24(29)27(16-20(2)3)18-22-11-8-13-26(22)17-21-10-6-7-12-23(21)25/h6-8,10-13,20H,5,9,14-19H2,1-4H3. The monoisotopic (exact) mass is 497 g/mol. The fourth-order valence-electron chi connectivity index (χ4n) is 3.55. The van der Waals surface area contributed by atoms with Crippen LogP contribution in [-0.2, 0) is 32.6 Å². The minimum atomic E-state index is -3.51. The Morgan fingerprint density at radius 3 is 2.55 bits per heavy atom. The van der Waals surface area contributed by atoms with E-state index in [1.54, 1.807) is 4.90 Å². The Labute approximate surface area is 203 Å². The van der Waals surface area contributed by atoms with Gasteiger partial charge in [-0.25, -0.2) is 8.42 Å². The van der Waals surface area contributed by atoms with Crippen molar-refractivity contribution in [1.82, 2.24) is 13.8 Å². The number of hydrogen-bond acceptors (Lipinski definition) is 4. The molecule has 0 aliphatic heterocycles. The normalized spacial score (nSPS) is 12.0. The fourth-order valence-corrected chi connectivity index (χ4v) is 4.55. The van der Waals surface area contributed by atoms with E-state index in [1.807, 2.05) is 63.4 Å². The van der Waals surface area contributed by atoms with Gasteiger partial charge in [-0.1, -0.05) is 43.6 Å². The summed E-state index contributed by atoms with van der Waals surface area (Å²) in [6.07, 6.45) is 3.65. The lowest BCUT2D eigenvalue weighted by Crippen LogP contribution is -2.44. The summed E-state index contributed by atoms with van der Waals surface area (Å²) in [5.41, 5.74) is 1.96. The van der Waals surface area contributed by atoms with E-state index in [-0.39, 0.29) is 24.9 Å². The summed E-state index contributed by atoms with van der Waals surface area (Å²) in [5, 5.41) is 0.697. The molecule has 0 radical (unpaired) electrons. The third-order valence-electron chi connectivity index (χ3n) is 5.19. The number of sulfonamides is 1. The minimum absolute atomic E-state index is 0.178. The SMILES string of the molecule is CCOCCCN(CC(=O)N(Cc1cccn1Cc1ccccc1Cl)CC(C)C)S(C)(=O)=O. The van der Waals surface area contributed by atoms with Crippen LogP contribution in [0.15, 0.2) is 42.6 Å². The van der Waals surface area contributed by atoms with E-state index in [4.69, 9.17) is 16.3 Å². The van der Waals surface area contributed by atoms with Crippen LogP contribution in [0.1, 0.15) is 38.4 Å². The average Bonchev–Trinajstić information content (AvgIpc) is 3.17. The molecule has 7 nitrogen and oxygen atoms in total. The Morgan fingerprint density at radius 1 is 1.18 bits per heavy atom. The highest BCUT2D eigenvalue weighted by molar-refractivity contribution is 7.88. The van der Waals surface area contributed by atoms with Gasteiger partial charge in [0.05, 0.1) is 19.3 Å². The van der Waals surface area contributed by atoms with Gasteiger partial charge in [0, 0.05) is 49.8 Å². The first-order chi connectivity index (χ1) is 15.6. The Kier molecular flexibility index (Phi) is 10.9. The van der Waals surface area contributed by atoms with Gasteiger partial charge in [-0.15, -0.1) is 0 Å². The predicted octanol–water partition coefficient (Wildman–Crippen LogP) is 3.86. The van der Waals surface area contributed by atoms with Crippen LogP contribution in [0.5, 0.6) is 0 Å². The van der Waals surface area contributed by atoms with Crippen molar-refractivity contribution in [2.24, 2.45) is 5.92 Å². The van der Waals surface area contributed by atoms with E-state index in [1.165, 1.54) is 4.31 Å². The van der Waals surface area contributed by atoms with Crippen LogP contribution < -0.4 is 0 Å². The van der Waals surface area contributed by atoms with Crippen molar-refractivity contribution in [3.63, 3.8) is 0 Å². The number of rotatable bonds is 14. The maximum atomic E-state index is 13.2. The topological polar surface area (TPSA) is 71.8 Å². The summed E-state index contributed by atoms with van der Waals surface area (Å²) in [6.45, 7) is 8.61. The predicted molar refractivity (Wildman–Crippen MR) is 133 cm³/mol. The number of halogens is 1. The van der Waals surface area contributed by atoms with Gasteiger partial charge in [-0.05, 0) is 43.0 Å². The summed E-state index contributed by atoms with van der Waals surface area (Å²) in [7, 11) is -3.51. The van der Waals surface area contributed by atoms with E-state index in [0.29, 0.717) is 44.3 Å². The van der Waals surface area contributed by atoms with Crippen molar-refractivity contribution in [1.29, 1.82) is 0 Å². The lowest BCUT2D eigenvalue weighted by atomic mass is 10.2. The van der Waals surface area contributed by atoms with Crippen LogP contribution in [-0.4, -0.2) is 67.2 Å². The van der Waals surface area contributed by atoms with Gasteiger partial charge >= 0.3 is 0 Å². The molecule has 0 saturated heterocycles. The number of aromatic nitrogens is 1. The van der Waals surface area contributed by atoms with Crippen LogP contribution in [0.4, 0.5) is 0 Å². The molecule has 0 spiro atoms. The number of hydrogen-bond donors (Lipinski definition) is 0. The molecule has 9 heteroatoms. The van der Waals surface area contributed by atoms with E-state index >= 15 is 0 Å². The molecule has 0 saturated carbocycles. The van der Waals surface area contributed by atoms with Crippen molar-refractivity contribution in [2.45, 2.75) is 40.3 Å². The first-order valence-electron chi connectivity index (χ1n) is 11.3. The van der Waals surface area contributed by atoms with Gasteiger partial charge < -0.3 is 14.2 Å². The number of carbonyl (C=O) groups is 1. The zero-order valence-electron chi connectivity index (χ0n) is 20.0. The smallest absolute Gasteiger partial charge is 0.238 e. The molecule has 1 amide bonds. The molecule has 1 aromatic carbocycles. The lowest BCUT2D eigenvalue weighted by molar-refractivity contribution is -0.132. The Bertz CT molecular complexity index is 991. The third-order valence-corrected chi connectivity index (χ3v) is 6.81. The molecule has 2 aromatic rings. The average molecular weight is 498 g/mol. The Hall–Kier alpha value is -1.87. The molecule has 0 aliphatic carbocycles. The molecule has 0 fully saturated rings. The number of ether oxygens (including phenoxy) is 1.